The summed E-state index contributed by atoms with van der Waals surface area (Å²) < 4.78 is 0. The SMILES string of the molecule is CC1(C)c2ccccc2Nc2cc(Cl)ccc21. The van der Waals surface area contributed by atoms with E-state index in [1.165, 1.54) is 16.8 Å². The first-order valence-corrected chi connectivity index (χ1v) is 6.13. The molecule has 86 valence electrons. The monoisotopic (exact) mass is 243 g/mol. The van der Waals surface area contributed by atoms with Crippen molar-refractivity contribution in [2.75, 3.05) is 5.32 Å². The van der Waals surface area contributed by atoms with Crippen LogP contribution in [0, 0.1) is 0 Å². The summed E-state index contributed by atoms with van der Waals surface area (Å²) in [5, 5.41) is 4.22. The van der Waals surface area contributed by atoms with Gasteiger partial charge in [-0.05, 0) is 29.3 Å². The van der Waals surface area contributed by atoms with Gasteiger partial charge in [0.2, 0.25) is 0 Å². The predicted molar refractivity (Wildman–Crippen MR) is 73.3 cm³/mol. The molecule has 0 unspecified atom stereocenters. The van der Waals surface area contributed by atoms with Crippen LogP contribution < -0.4 is 5.32 Å². The summed E-state index contributed by atoms with van der Waals surface area (Å²) in [6.07, 6.45) is 0. The fourth-order valence-electron chi connectivity index (χ4n) is 2.59. The number of rotatable bonds is 0. The van der Waals surface area contributed by atoms with Crippen LogP contribution in [0.25, 0.3) is 0 Å². The van der Waals surface area contributed by atoms with Crippen LogP contribution in [0.2, 0.25) is 5.02 Å². The molecule has 0 amide bonds. The van der Waals surface area contributed by atoms with Gasteiger partial charge in [-0.15, -0.1) is 0 Å². The summed E-state index contributed by atoms with van der Waals surface area (Å²) in [5.74, 6) is 0. The van der Waals surface area contributed by atoms with E-state index in [1.807, 2.05) is 12.1 Å². The first kappa shape index (κ1) is 10.7. The van der Waals surface area contributed by atoms with Crippen molar-refractivity contribution < 1.29 is 0 Å². The maximum absolute atomic E-state index is 6.06. The minimum Gasteiger partial charge on any atom is -0.355 e. The molecule has 0 bridgehead atoms. The Morgan fingerprint density at radius 1 is 0.941 bits per heavy atom. The number of hydrogen-bond donors (Lipinski definition) is 1. The van der Waals surface area contributed by atoms with Gasteiger partial charge in [-0.2, -0.15) is 0 Å². The van der Waals surface area contributed by atoms with Gasteiger partial charge in [0, 0.05) is 21.8 Å². The first-order valence-electron chi connectivity index (χ1n) is 5.75. The van der Waals surface area contributed by atoms with Crippen LogP contribution in [0.15, 0.2) is 42.5 Å². The number of fused-ring (bicyclic) bond motifs is 2. The molecule has 0 aromatic heterocycles. The summed E-state index contributed by atoms with van der Waals surface area (Å²) in [5.41, 5.74) is 4.92. The molecule has 2 aromatic carbocycles. The molecule has 0 radical (unpaired) electrons. The van der Waals surface area contributed by atoms with Crippen molar-refractivity contribution in [2.24, 2.45) is 0 Å². The van der Waals surface area contributed by atoms with E-state index in [-0.39, 0.29) is 5.41 Å². The van der Waals surface area contributed by atoms with E-state index in [0.29, 0.717) is 0 Å². The highest BCUT2D eigenvalue weighted by Gasteiger charge is 2.31. The van der Waals surface area contributed by atoms with Crippen molar-refractivity contribution in [1.29, 1.82) is 0 Å². The molecule has 3 rings (SSSR count). The standard InChI is InChI=1S/C15H14ClN/c1-15(2)11-5-3-4-6-13(11)17-14-9-10(16)7-8-12(14)15/h3-9,17H,1-2H3. The maximum Gasteiger partial charge on any atom is 0.0440 e. The van der Waals surface area contributed by atoms with Gasteiger partial charge in [-0.3, -0.25) is 0 Å². The summed E-state index contributed by atoms with van der Waals surface area (Å²) in [4.78, 5) is 0. The first-order chi connectivity index (χ1) is 8.09. The molecule has 0 aliphatic carbocycles. The van der Waals surface area contributed by atoms with Crippen LogP contribution in [0.4, 0.5) is 11.4 Å². The number of anilines is 2. The second-order valence-corrected chi connectivity index (χ2v) is 5.42. The molecule has 0 fully saturated rings. The number of para-hydroxylation sites is 1. The molecule has 0 saturated carbocycles. The Balaban J connectivity index is 2.26. The number of nitrogens with one attached hydrogen (secondary N) is 1. The van der Waals surface area contributed by atoms with Gasteiger partial charge in [0.25, 0.3) is 0 Å². The lowest BCUT2D eigenvalue weighted by Gasteiger charge is -2.35. The molecule has 2 aromatic rings. The van der Waals surface area contributed by atoms with Crippen LogP contribution >= 0.6 is 11.6 Å². The van der Waals surface area contributed by atoms with Gasteiger partial charge >= 0.3 is 0 Å². The molecule has 2 heteroatoms. The Labute approximate surface area is 106 Å². The Kier molecular flexibility index (Phi) is 2.20. The van der Waals surface area contributed by atoms with Crippen molar-refractivity contribution in [1.82, 2.24) is 0 Å². The molecule has 1 aliphatic heterocycles. The molecule has 17 heavy (non-hydrogen) atoms. The van der Waals surface area contributed by atoms with E-state index in [0.717, 1.165) is 10.7 Å². The average Bonchev–Trinajstić information content (AvgIpc) is 2.28. The van der Waals surface area contributed by atoms with Crippen molar-refractivity contribution >= 4 is 23.0 Å². The van der Waals surface area contributed by atoms with Gasteiger partial charge in [0.05, 0.1) is 0 Å². The lowest BCUT2D eigenvalue weighted by atomic mass is 9.74. The quantitative estimate of drug-likeness (QED) is 0.706. The van der Waals surface area contributed by atoms with Crippen LogP contribution in [-0.4, -0.2) is 0 Å². The maximum atomic E-state index is 6.06. The van der Waals surface area contributed by atoms with Crippen LogP contribution in [-0.2, 0) is 5.41 Å². The second kappa shape index (κ2) is 3.51. The van der Waals surface area contributed by atoms with E-state index in [9.17, 15) is 0 Å². The third kappa shape index (κ3) is 1.54. The second-order valence-electron chi connectivity index (χ2n) is 4.99. The lowest BCUT2D eigenvalue weighted by molar-refractivity contribution is 0.638. The molecule has 1 heterocycles. The van der Waals surface area contributed by atoms with Crippen LogP contribution in [0.1, 0.15) is 25.0 Å². The molecular weight excluding hydrogens is 230 g/mol. The van der Waals surface area contributed by atoms with Gasteiger partial charge in [0.15, 0.2) is 0 Å². The third-order valence-corrected chi connectivity index (χ3v) is 3.76. The Morgan fingerprint density at radius 2 is 1.65 bits per heavy atom. The van der Waals surface area contributed by atoms with Crippen molar-refractivity contribution in [2.45, 2.75) is 19.3 Å². The van der Waals surface area contributed by atoms with Crippen LogP contribution in [0.3, 0.4) is 0 Å². The Hall–Kier alpha value is -1.47. The minimum absolute atomic E-state index is 0.0156. The molecular formula is C15H14ClN. The zero-order valence-electron chi connectivity index (χ0n) is 9.92. The summed E-state index contributed by atoms with van der Waals surface area (Å²) >= 11 is 6.06. The summed E-state index contributed by atoms with van der Waals surface area (Å²) in [6.45, 7) is 4.50. The smallest absolute Gasteiger partial charge is 0.0440 e. The highest BCUT2D eigenvalue weighted by atomic mass is 35.5. The number of benzene rings is 2. The van der Waals surface area contributed by atoms with Crippen molar-refractivity contribution in [3.63, 3.8) is 0 Å². The average molecular weight is 244 g/mol. The van der Waals surface area contributed by atoms with E-state index < -0.39 is 0 Å². The van der Waals surface area contributed by atoms with Gasteiger partial charge in [-0.25, -0.2) is 0 Å². The normalized spacial score (nSPS) is 15.7. The van der Waals surface area contributed by atoms with E-state index in [2.05, 4.69) is 49.5 Å². The zero-order valence-corrected chi connectivity index (χ0v) is 10.7. The Morgan fingerprint density at radius 3 is 2.47 bits per heavy atom. The van der Waals surface area contributed by atoms with E-state index >= 15 is 0 Å². The Bertz CT molecular complexity index is 587. The van der Waals surface area contributed by atoms with Gasteiger partial charge < -0.3 is 5.32 Å². The van der Waals surface area contributed by atoms with E-state index in [1.54, 1.807) is 0 Å². The molecule has 0 saturated heterocycles. The van der Waals surface area contributed by atoms with Crippen LogP contribution in [0.5, 0.6) is 0 Å². The molecule has 1 nitrogen and oxygen atoms in total. The topological polar surface area (TPSA) is 12.0 Å². The largest absolute Gasteiger partial charge is 0.355 e. The van der Waals surface area contributed by atoms with E-state index in [4.69, 9.17) is 11.6 Å². The fourth-order valence-corrected chi connectivity index (χ4v) is 2.76. The summed E-state index contributed by atoms with van der Waals surface area (Å²) in [6, 6.07) is 14.5. The fraction of sp³-hybridized carbons (Fsp3) is 0.200. The summed E-state index contributed by atoms with van der Waals surface area (Å²) in [7, 11) is 0. The zero-order chi connectivity index (χ0) is 12.0. The highest BCUT2D eigenvalue weighted by Crippen LogP contribution is 2.45. The highest BCUT2D eigenvalue weighted by molar-refractivity contribution is 6.30. The number of hydrogen-bond acceptors (Lipinski definition) is 1. The lowest BCUT2D eigenvalue weighted by Crippen LogP contribution is -2.25. The van der Waals surface area contributed by atoms with Gasteiger partial charge in [0.1, 0.15) is 0 Å². The molecule has 0 spiro atoms. The molecule has 1 aliphatic rings. The number of halogens is 1. The third-order valence-electron chi connectivity index (χ3n) is 3.52. The minimum atomic E-state index is 0.0156. The van der Waals surface area contributed by atoms with Crippen molar-refractivity contribution in [3.05, 3.63) is 58.6 Å². The molecule has 0 atom stereocenters. The van der Waals surface area contributed by atoms with Crippen molar-refractivity contribution in [3.8, 4) is 0 Å². The molecule has 1 N–H and O–H groups in total. The van der Waals surface area contributed by atoms with Gasteiger partial charge in [-0.1, -0.05) is 49.7 Å². The predicted octanol–water partition coefficient (Wildman–Crippen LogP) is 4.72.